The first-order chi connectivity index (χ1) is 7.33. The van der Waals surface area contributed by atoms with Crippen molar-refractivity contribution >= 4 is 5.97 Å². The Kier molecular flexibility index (Phi) is 3.52. The van der Waals surface area contributed by atoms with Crippen LogP contribution in [0.3, 0.4) is 0 Å². The predicted octanol–water partition coefficient (Wildman–Crippen LogP) is 1.82. The van der Waals surface area contributed by atoms with Crippen molar-refractivity contribution in [1.82, 2.24) is 4.57 Å². The molecule has 88 valence electrons. The van der Waals surface area contributed by atoms with Crippen molar-refractivity contribution < 1.29 is 9.53 Å². The number of carbonyl (C=O) groups excluding carboxylic acids is 1. The number of aromatic nitrogens is 1. The Labute approximate surface area is 94.9 Å². The highest BCUT2D eigenvalue weighted by molar-refractivity contribution is 5.89. The maximum Gasteiger partial charge on any atom is 0.344 e. The zero-order chi connectivity index (χ0) is 12.3. The first-order valence-electron chi connectivity index (χ1n) is 5.27. The van der Waals surface area contributed by atoms with Crippen molar-refractivity contribution in [2.24, 2.45) is 0 Å². The van der Waals surface area contributed by atoms with Gasteiger partial charge in [-0.25, -0.2) is 4.79 Å². The lowest BCUT2D eigenvalue weighted by Crippen LogP contribution is -2.27. The number of pyridine rings is 1. The molecular formula is C12H17NO3. The molecule has 0 bridgehead atoms. The van der Waals surface area contributed by atoms with Crippen LogP contribution < -0.4 is 5.43 Å². The average molecular weight is 223 g/mol. The van der Waals surface area contributed by atoms with E-state index in [-0.39, 0.29) is 11.0 Å². The zero-order valence-corrected chi connectivity index (χ0v) is 10.1. The smallest absolute Gasteiger partial charge is 0.344 e. The summed E-state index contributed by atoms with van der Waals surface area (Å²) in [7, 11) is 0. The topological polar surface area (TPSA) is 48.3 Å². The van der Waals surface area contributed by atoms with Gasteiger partial charge in [0, 0.05) is 25.0 Å². The second-order valence-corrected chi connectivity index (χ2v) is 4.56. The van der Waals surface area contributed by atoms with Crippen molar-refractivity contribution in [3.05, 3.63) is 34.2 Å². The number of hydrogen-bond acceptors (Lipinski definition) is 3. The Hall–Kier alpha value is -1.58. The summed E-state index contributed by atoms with van der Waals surface area (Å²) in [5, 5.41) is 0. The van der Waals surface area contributed by atoms with Gasteiger partial charge in [0.2, 0.25) is 0 Å². The van der Waals surface area contributed by atoms with Gasteiger partial charge in [-0.2, -0.15) is 0 Å². The lowest BCUT2D eigenvalue weighted by atomic mass is 10.2. The van der Waals surface area contributed by atoms with E-state index in [0.717, 1.165) is 0 Å². The summed E-state index contributed by atoms with van der Waals surface area (Å²) < 4.78 is 6.92. The van der Waals surface area contributed by atoms with Gasteiger partial charge in [-0.05, 0) is 27.7 Å². The van der Waals surface area contributed by atoms with Crippen LogP contribution in [0.4, 0.5) is 0 Å². The molecule has 1 heterocycles. The quantitative estimate of drug-likeness (QED) is 0.718. The minimum atomic E-state index is -0.587. The minimum Gasteiger partial charge on any atom is -0.456 e. The fourth-order valence-corrected chi connectivity index (χ4v) is 1.21. The Morgan fingerprint density at radius 3 is 2.56 bits per heavy atom. The first kappa shape index (κ1) is 12.5. The summed E-state index contributed by atoms with van der Waals surface area (Å²) >= 11 is 0. The van der Waals surface area contributed by atoms with Gasteiger partial charge in [-0.1, -0.05) is 0 Å². The number of nitrogens with zero attached hydrogens (tertiary/aromatic N) is 1. The molecule has 16 heavy (non-hydrogen) atoms. The number of carbonyl (C=O) groups is 1. The molecule has 0 aliphatic rings. The van der Waals surface area contributed by atoms with Crippen LogP contribution in [-0.2, 0) is 11.3 Å². The van der Waals surface area contributed by atoms with Crippen LogP contribution in [0.2, 0.25) is 0 Å². The van der Waals surface area contributed by atoms with Crippen LogP contribution in [-0.4, -0.2) is 16.1 Å². The second-order valence-electron chi connectivity index (χ2n) is 4.56. The lowest BCUT2D eigenvalue weighted by Gasteiger charge is -2.19. The normalized spacial score (nSPS) is 11.2. The van der Waals surface area contributed by atoms with Crippen LogP contribution in [0.5, 0.6) is 0 Å². The first-order valence-corrected chi connectivity index (χ1v) is 5.27. The largest absolute Gasteiger partial charge is 0.456 e. The van der Waals surface area contributed by atoms with Crippen molar-refractivity contribution in [2.45, 2.75) is 39.8 Å². The van der Waals surface area contributed by atoms with Gasteiger partial charge in [0.15, 0.2) is 5.43 Å². The highest BCUT2D eigenvalue weighted by Gasteiger charge is 2.20. The highest BCUT2D eigenvalue weighted by atomic mass is 16.6. The van der Waals surface area contributed by atoms with E-state index in [9.17, 15) is 9.59 Å². The number of hydrogen-bond donors (Lipinski definition) is 0. The van der Waals surface area contributed by atoms with E-state index in [1.165, 1.54) is 12.3 Å². The molecule has 0 radical (unpaired) electrons. The molecular weight excluding hydrogens is 206 g/mol. The van der Waals surface area contributed by atoms with Crippen LogP contribution >= 0.6 is 0 Å². The van der Waals surface area contributed by atoms with E-state index in [2.05, 4.69) is 0 Å². The van der Waals surface area contributed by atoms with E-state index >= 15 is 0 Å². The Bertz CT molecular complexity index is 440. The van der Waals surface area contributed by atoms with Gasteiger partial charge in [0.1, 0.15) is 11.2 Å². The zero-order valence-electron chi connectivity index (χ0n) is 10.1. The molecule has 0 atom stereocenters. The van der Waals surface area contributed by atoms with Crippen molar-refractivity contribution in [3.63, 3.8) is 0 Å². The Balaban J connectivity index is 3.03. The standard InChI is InChI=1S/C12H17NO3/c1-5-13-7-6-10(14)9(8-13)11(15)16-12(2,3)4/h6-8H,5H2,1-4H3. The summed E-state index contributed by atoms with van der Waals surface area (Å²) in [4.78, 5) is 23.2. The molecule has 4 heteroatoms. The van der Waals surface area contributed by atoms with Crippen LogP contribution in [0, 0.1) is 0 Å². The predicted molar refractivity (Wildman–Crippen MR) is 61.5 cm³/mol. The molecule has 0 fully saturated rings. The summed E-state index contributed by atoms with van der Waals surface area (Å²) in [5.41, 5.74) is -0.811. The number of ether oxygens (including phenoxy) is 1. The van der Waals surface area contributed by atoms with Crippen molar-refractivity contribution in [1.29, 1.82) is 0 Å². The third kappa shape index (κ3) is 3.22. The third-order valence-corrected chi connectivity index (χ3v) is 1.96. The third-order valence-electron chi connectivity index (χ3n) is 1.96. The van der Waals surface area contributed by atoms with Gasteiger partial charge in [-0.15, -0.1) is 0 Å². The van der Waals surface area contributed by atoms with Gasteiger partial charge < -0.3 is 9.30 Å². The van der Waals surface area contributed by atoms with E-state index in [1.807, 2.05) is 6.92 Å². The van der Waals surface area contributed by atoms with Crippen LogP contribution in [0.25, 0.3) is 0 Å². The number of aryl methyl sites for hydroxylation is 1. The number of rotatable bonds is 2. The summed E-state index contributed by atoms with van der Waals surface area (Å²) in [5.74, 6) is -0.569. The summed E-state index contributed by atoms with van der Waals surface area (Å²) in [6, 6.07) is 1.38. The molecule has 1 rings (SSSR count). The summed E-state index contributed by atoms with van der Waals surface area (Å²) in [6.45, 7) is 7.95. The SMILES string of the molecule is CCn1ccc(=O)c(C(=O)OC(C)(C)C)c1. The maximum atomic E-state index is 11.7. The van der Waals surface area contributed by atoms with E-state index in [1.54, 1.807) is 31.5 Å². The Morgan fingerprint density at radius 2 is 2.06 bits per heavy atom. The van der Waals surface area contributed by atoms with Crippen LogP contribution in [0.15, 0.2) is 23.3 Å². The molecule has 1 aromatic rings. The van der Waals surface area contributed by atoms with Crippen molar-refractivity contribution in [3.8, 4) is 0 Å². The van der Waals surface area contributed by atoms with Crippen LogP contribution in [0.1, 0.15) is 38.1 Å². The minimum absolute atomic E-state index is 0.0827. The molecule has 0 aliphatic carbocycles. The molecule has 0 aliphatic heterocycles. The van der Waals surface area contributed by atoms with Gasteiger partial charge in [0.05, 0.1) is 0 Å². The molecule has 4 nitrogen and oxygen atoms in total. The monoisotopic (exact) mass is 223 g/mol. The highest BCUT2D eigenvalue weighted by Crippen LogP contribution is 2.09. The Morgan fingerprint density at radius 1 is 1.44 bits per heavy atom. The summed E-state index contributed by atoms with van der Waals surface area (Å²) in [6.07, 6.45) is 3.17. The molecule has 0 saturated heterocycles. The fraction of sp³-hybridized carbons (Fsp3) is 0.500. The second kappa shape index (κ2) is 4.51. The van der Waals surface area contributed by atoms with E-state index in [0.29, 0.717) is 6.54 Å². The molecule has 0 spiro atoms. The van der Waals surface area contributed by atoms with E-state index in [4.69, 9.17) is 4.74 Å². The molecule has 0 saturated carbocycles. The molecule has 0 N–H and O–H groups in total. The van der Waals surface area contributed by atoms with Crippen molar-refractivity contribution in [2.75, 3.05) is 0 Å². The fourth-order valence-electron chi connectivity index (χ4n) is 1.21. The molecule has 0 aromatic carbocycles. The van der Waals surface area contributed by atoms with Gasteiger partial charge >= 0.3 is 5.97 Å². The lowest BCUT2D eigenvalue weighted by molar-refractivity contribution is 0.00671. The van der Waals surface area contributed by atoms with E-state index < -0.39 is 11.6 Å². The average Bonchev–Trinajstić information content (AvgIpc) is 2.15. The molecule has 0 unspecified atom stereocenters. The molecule has 1 aromatic heterocycles. The molecule has 0 amide bonds. The van der Waals surface area contributed by atoms with Gasteiger partial charge in [0.25, 0.3) is 0 Å². The number of esters is 1. The van der Waals surface area contributed by atoms with Gasteiger partial charge in [-0.3, -0.25) is 4.79 Å². The maximum absolute atomic E-state index is 11.7.